The van der Waals surface area contributed by atoms with Gasteiger partial charge in [0.2, 0.25) is 5.91 Å². The first-order chi connectivity index (χ1) is 10.6. The van der Waals surface area contributed by atoms with Crippen LogP contribution < -0.4 is 10.6 Å². The zero-order valence-electron chi connectivity index (χ0n) is 13.5. The van der Waals surface area contributed by atoms with E-state index in [-0.39, 0.29) is 11.4 Å². The van der Waals surface area contributed by atoms with Crippen molar-refractivity contribution in [1.82, 2.24) is 25.3 Å². The van der Waals surface area contributed by atoms with E-state index in [0.717, 1.165) is 39.4 Å². The molecule has 0 spiro atoms. The second-order valence-corrected chi connectivity index (χ2v) is 6.13. The molecule has 0 bridgehead atoms. The van der Waals surface area contributed by atoms with Crippen LogP contribution in [-0.4, -0.2) is 72.1 Å². The molecule has 0 radical (unpaired) electrons. The van der Waals surface area contributed by atoms with Gasteiger partial charge in [-0.3, -0.25) is 14.4 Å². The summed E-state index contributed by atoms with van der Waals surface area (Å²) in [4.78, 5) is 14.3. The number of hydrogen-bond acceptors (Lipinski definition) is 5. The molecule has 22 heavy (non-hydrogen) atoms. The first-order valence-electron chi connectivity index (χ1n) is 7.85. The Morgan fingerprint density at radius 1 is 1.36 bits per heavy atom. The van der Waals surface area contributed by atoms with Crippen molar-refractivity contribution in [3.05, 3.63) is 18.5 Å². The van der Waals surface area contributed by atoms with Gasteiger partial charge >= 0.3 is 0 Å². The van der Waals surface area contributed by atoms with Gasteiger partial charge in [-0.2, -0.15) is 5.10 Å². The smallest absolute Gasteiger partial charge is 0.234 e. The lowest BCUT2D eigenvalue weighted by Crippen LogP contribution is -2.56. The van der Waals surface area contributed by atoms with E-state index in [1.807, 2.05) is 16.9 Å². The molecule has 1 fully saturated rings. The Kier molecular flexibility index (Phi) is 6.35. The number of morpholine rings is 1. The number of hydrogen-bond donors (Lipinski definition) is 2. The highest BCUT2D eigenvalue weighted by Gasteiger charge is 2.28. The van der Waals surface area contributed by atoms with Crippen LogP contribution in [0.5, 0.6) is 0 Å². The lowest BCUT2D eigenvalue weighted by molar-refractivity contribution is -0.121. The van der Waals surface area contributed by atoms with Crippen LogP contribution in [0.2, 0.25) is 0 Å². The zero-order valence-corrected chi connectivity index (χ0v) is 13.5. The lowest BCUT2D eigenvalue weighted by atomic mass is 10.0. The largest absolute Gasteiger partial charge is 0.379 e. The molecular weight excluding hydrogens is 282 g/mol. The summed E-state index contributed by atoms with van der Waals surface area (Å²) in [5.74, 6) is 0.0294. The van der Waals surface area contributed by atoms with Crippen molar-refractivity contribution in [3.63, 3.8) is 0 Å². The third-order valence-corrected chi connectivity index (χ3v) is 3.95. The van der Waals surface area contributed by atoms with Crippen molar-refractivity contribution in [2.24, 2.45) is 0 Å². The number of nitrogens with one attached hydrogen (secondary N) is 2. The minimum atomic E-state index is -0.0471. The van der Waals surface area contributed by atoms with Crippen LogP contribution in [0, 0.1) is 0 Å². The molecule has 124 valence electrons. The molecule has 1 aromatic rings. The third-order valence-electron chi connectivity index (χ3n) is 3.95. The fourth-order valence-electron chi connectivity index (χ4n) is 2.49. The number of carbonyl (C=O) groups is 1. The van der Waals surface area contributed by atoms with Crippen molar-refractivity contribution < 1.29 is 9.53 Å². The van der Waals surface area contributed by atoms with Gasteiger partial charge in [-0.05, 0) is 19.9 Å². The molecule has 0 aromatic carbocycles. The Morgan fingerprint density at radius 3 is 2.82 bits per heavy atom. The van der Waals surface area contributed by atoms with Gasteiger partial charge in [-0.25, -0.2) is 0 Å². The highest BCUT2D eigenvalue weighted by molar-refractivity contribution is 5.78. The minimum Gasteiger partial charge on any atom is -0.379 e. The van der Waals surface area contributed by atoms with Crippen LogP contribution in [0.15, 0.2) is 18.5 Å². The Hall–Kier alpha value is -1.44. The van der Waals surface area contributed by atoms with Gasteiger partial charge in [0.15, 0.2) is 0 Å². The van der Waals surface area contributed by atoms with Crippen molar-refractivity contribution >= 4 is 5.91 Å². The average molecular weight is 309 g/mol. The molecule has 0 unspecified atom stereocenters. The summed E-state index contributed by atoms with van der Waals surface area (Å²) in [5, 5.41) is 10.3. The van der Waals surface area contributed by atoms with Crippen LogP contribution >= 0.6 is 0 Å². The topological polar surface area (TPSA) is 71.4 Å². The first kappa shape index (κ1) is 16.9. The molecule has 2 rings (SSSR count). The van der Waals surface area contributed by atoms with Crippen molar-refractivity contribution in [2.75, 3.05) is 45.9 Å². The van der Waals surface area contributed by atoms with E-state index in [9.17, 15) is 4.79 Å². The number of nitrogens with zero attached hydrogens (tertiary/aromatic N) is 3. The van der Waals surface area contributed by atoms with Gasteiger partial charge in [0.25, 0.3) is 0 Å². The van der Waals surface area contributed by atoms with Crippen LogP contribution in [-0.2, 0) is 16.1 Å². The van der Waals surface area contributed by atoms with Gasteiger partial charge in [0.1, 0.15) is 0 Å². The monoisotopic (exact) mass is 309 g/mol. The molecule has 1 saturated heterocycles. The van der Waals surface area contributed by atoms with Gasteiger partial charge in [-0.1, -0.05) is 0 Å². The SMILES string of the molecule is CC(C)(CNC(=O)CNCCn1cccn1)N1CCOCC1. The zero-order chi connectivity index (χ0) is 15.8. The number of aromatic nitrogens is 2. The van der Waals surface area contributed by atoms with E-state index < -0.39 is 0 Å². The number of rotatable bonds is 8. The lowest BCUT2D eigenvalue weighted by Gasteiger charge is -2.40. The molecule has 7 nitrogen and oxygen atoms in total. The standard InChI is InChI=1S/C15H27N5O2/c1-15(2,19-8-10-22-11-9-19)13-17-14(21)12-16-5-7-20-6-3-4-18-20/h3-4,6,16H,5,7-13H2,1-2H3,(H,17,21). The fraction of sp³-hybridized carbons (Fsp3) is 0.733. The average Bonchev–Trinajstić information content (AvgIpc) is 3.04. The number of ether oxygens (including phenoxy) is 1. The Morgan fingerprint density at radius 2 is 2.14 bits per heavy atom. The summed E-state index contributed by atoms with van der Waals surface area (Å²) in [6.45, 7) is 10.2. The summed E-state index contributed by atoms with van der Waals surface area (Å²) in [6, 6.07) is 1.89. The molecule has 2 N–H and O–H groups in total. The van der Waals surface area contributed by atoms with Crippen LogP contribution in [0.4, 0.5) is 0 Å². The molecule has 2 heterocycles. The van der Waals surface area contributed by atoms with Gasteiger partial charge in [0, 0.05) is 44.1 Å². The van der Waals surface area contributed by atoms with E-state index in [1.54, 1.807) is 6.20 Å². The first-order valence-corrected chi connectivity index (χ1v) is 7.85. The molecule has 1 aromatic heterocycles. The van der Waals surface area contributed by atoms with Crippen LogP contribution in [0.1, 0.15) is 13.8 Å². The summed E-state index contributed by atoms with van der Waals surface area (Å²) in [5.41, 5.74) is -0.0471. The molecule has 1 amide bonds. The predicted octanol–water partition coefficient (Wildman–Crippen LogP) is -0.300. The van der Waals surface area contributed by atoms with Gasteiger partial charge < -0.3 is 15.4 Å². The Balaban J connectivity index is 1.60. The summed E-state index contributed by atoms with van der Waals surface area (Å²) in [6.07, 6.45) is 3.66. The van der Waals surface area contributed by atoms with E-state index >= 15 is 0 Å². The second kappa shape index (κ2) is 8.26. The van der Waals surface area contributed by atoms with Crippen molar-refractivity contribution in [1.29, 1.82) is 0 Å². The number of amides is 1. The highest BCUT2D eigenvalue weighted by Crippen LogP contribution is 2.14. The summed E-state index contributed by atoms with van der Waals surface area (Å²) in [7, 11) is 0. The van der Waals surface area contributed by atoms with E-state index in [1.165, 1.54) is 0 Å². The van der Waals surface area contributed by atoms with Crippen LogP contribution in [0.3, 0.4) is 0 Å². The molecular formula is C15H27N5O2. The van der Waals surface area contributed by atoms with Crippen LogP contribution in [0.25, 0.3) is 0 Å². The highest BCUT2D eigenvalue weighted by atomic mass is 16.5. The molecule has 1 aliphatic rings. The molecule has 7 heteroatoms. The maximum atomic E-state index is 11.9. The van der Waals surface area contributed by atoms with E-state index in [0.29, 0.717) is 13.1 Å². The quantitative estimate of drug-likeness (QED) is 0.645. The Bertz CT molecular complexity index is 441. The Labute approximate surface area is 132 Å². The fourth-order valence-corrected chi connectivity index (χ4v) is 2.49. The molecule has 0 aliphatic carbocycles. The summed E-state index contributed by atoms with van der Waals surface area (Å²) < 4.78 is 7.21. The maximum absolute atomic E-state index is 11.9. The normalized spacial score (nSPS) is 16.6. The molecule has 0 atom stereocenters. The third kappa shape index (κ3) is 5.40. The molecule has 1 aliphatic heterocycles. The second-order valence-electron chi connectivity index (χ2n) is 6.13. The van der Waals surface area contributed by atoms with E-state index in [2.05, 4.69) is 34.5 Å². The van der Waals surface area contributed by atoms with E-state index in [4.69, 9.17) is 4.74 Å². The van der Waals surface area contributed by atoms with Gasteiger partial charge in [-0.15, -0.1) is 0 Å². The predicted molar refractivity (Wildman–Crippen MR) is 84.6 cm³/mol. The van der Waals surface area contributed by atoms with Gasteiger partial charge in [0.05, 0.1) is 26.3 Å². The van der Waals surface area contributed by atoms with Crippen molar-refractivity contribution in [2.45, 2.75) is 25.9 Å². The molecule has 0 saturated carbocycles. The summed E-state index contributed by atoms with van der Waals surface area (Å²) >= 11 is 0. The minimum absolute atomic E-state index is 0.0294. The van der Waals surface area contributed by atoms with Crippen molar-refractivity contribution in [3.8, 4) is 0 Å². The maximum Gasteiger partial charge on any atom is 0.234 e. The number of carbonyl (C=O) groups excluding carboxylic acids is 1.